The molecule has 32 heavy (non-hydrogen) atoms. The fraction of sp³-hybridized carbons (Fsp3) is 0.296. The molecule has 0 aromatic heterocycles. The zero-order valence-corrected chi connectivity index (χ0v) is 18.5. The molecule has 4 rings (SSSR count). The summed E-state index contributed by atoms with van der Waals surface area (Å²) in [7, 11) is 0. The van der Waals surface area contributed by atoms with Gasteiger partial charge >= 0.3 is 0 Å². The second-order valence-electron chi connectivity index (χ2n) is 8.03. The van der Waals surface area contributed by atoms with E-state index in [0.29, 0.717) is 12.3 Å². The number of carbonyl (C=O) groups excluding carboxylic acids is 1. The van der Waals surface area contributed by atoms with E-state index >= 15 is 0 Å². The third kappa shape index (κ3) is 5.75. The SMILES string of the molecule is Cc1ccc([C@@H](CNC(=O)COc2ccccc2-c2ccccc2)N2CCOCC2)cc1. The van der Waals surface area contributed by atoms with Crippen LogP contribution >= 0.6 is 0 Å². The summed E-state index contributed by atoms with van der Waals surface area (Å²) in [5.74, 6) is 0.579. The normalized spacial score (nSPS) is 15.2. The second kappa shape index (κ2) is 10.9. The molecular weight excluding hydrogens is 400 g/mol. The smallest absolute Gasteiger partial charge is 0.258 e. The van der Waals surface area contributed by atoms with Crippen molar-refractivity contribution in [3.63, 3.8) is 0 Å². The lowest BCUT2D eigenvalue weighted by Crippen LogP contribution is -2.44. The van der Waals surface area contributed by atoms with E-state index in [9.17, 15) is 4.79 Å². The first kappa shape index (κ1) is 22.1. The maximum absolute atomic E-state index is 12.7. The Morgan fingerprint density at radius 1 is 0.969 bits per heavy atom. The predicted octanol–water partition coefficient (Wildman–Crippen LogP) is 4.23. The number of aryl methyl sites for hydroxylation is 1. The molecule has 0 radical (unpaired) electrons. The first-order valence-electron chi connectivity index (χ1n) is 11.1. The Balaban J connectivity index is 1.38. The van der Waals surface area contributed by atoms with Gasteiger partial charge in [0.05, 0.1) is 19.3 Å². The molecule has 0 bridgehead atoms. The molecule has 3 aromatic carbocycles. The zero-order valence-electron chi connectivity index (χ0n) is 18.5. The van der Waals surface area contributed by atoms with Crippen LogP contribution in [0.15, 0.2) is 78.9 Å². The van der Waals surface area contributed by atoms with Crippen LogP contribution in [0, 0.1) is 6.92 Å². The van der Waals surface area contributed by atoms with Crippen molar-refractivity contribution in [2.24, 2.45) is 0 Å². The summed E-state index contributed by atoms with van der Waals surface area (Å²) >= 11 is 0. The van der Waals surface area contributed by atoms with E-state index in [1.54, 1.807) is 0 Å². The van der Waals surface area contributed by atoms with Crippen LogP contribution in [-0.4, -0.2) is 50.3 Å². The molecule has 1 aliphatic rings. The molecule has 0 aliphatic carbocycles. The van der Waals surface area contributed by atoms with Gasteiger partial charge in [-0.1, -0.05) is 78.4 Å². The minimum Gasteiger partial charge on any atom is -0.483 e. The van der Waals surface area contributed by atoms with Crippen LogP contribution in [0.3, 0.4) is 0 Å². The largest absolute Gasteiger partial charge is 0.483 e. The molecule has 1 heterocycles. The Kier molecular flexibility index (Phi) is 7.54. The van der Waals surface area contributed by atoms with Gasteiger partial charge in [-0.3, -0.25) is 9.69 Å². The molecule has 3 aromatic rings. The second-order valence-corrected chi connectivity index (χ2v) is 8.03. The highest BCUT2D eigenvalue weighted by atomic mass is 16.5. The predicted molar refractivity (Wildman–Crippen MR) is 127 cm³/mol. The summed E-state index contributed by atoms with van der Waals surface area (Å²) in [6.45, 7) is 5.75. The lowest BCUT2D eigenvalue weighted by Gasteiger charge is -2.35. The number of morpholine rings is 1. The highest BCUT2D eigenvalue weighted by molar-refractivity contribution is 5.78. The maximum Gasteiger partial charge on any atom is 0.258 e. The van der Waals surface area contributed by atoms with E-state index in [0.717, 1.165) is 37.4 Å². The van der Waals surface area contributed by atoms with E-state index in [4.69, 9.17) is 9.47 Å². The summed E-state index contributed by atoms with van der Waals surface area (Å²) in [4.78, 5) is 15.0. The van der Waals surface area contributed by atoms with Crippen LogP contribution < -0.4 is 10.1 Å². The Morgan fingerprint density at radius 2 is 1.66 bits per heavy atom. The Labute approximate surface area is 190 Å². The van der Waals surface area contributed by atoms with Gasteiger partial charge in [0.25, 0.3) is 5.91 Å². The van der Waals surface area contributed by atoms with E-state index in [1.165, 1.54) is 11.1 Å². The molecule has 166 valence electrons. The van der Waals surface area contributed by atoms with Crippen LogP contribution in [0.4, 0.5) is 0 Å². The fourth-order valence-corrected chi connectivity index (χ4v) is 3.99. The fourth-order valence-electron chi connectivity index (χ4n) is 3.99. The molecule has 5 nitrogen and oxygen atoms in total. The van der Waals surface area contributed by atoms with Crippen molar-refractivity contribution < 1.29 is 14.3 Å². The van der Waals surface area contributed by atoms with E-state index in [1.807, 2.05) is 54.6 Å². The van der Waals surface area contributed by atoms with Crippen molar-refractivity contribution in [2.45, 2.75) is 13.0 Å². The maximum atomic E-state index is 12.7. The standard InChI is InChI=1S/C27H30N2O3/c1-21-11-13-23(14-12-21)25(29-15-17-31-18-16-29)19-28-27(30)20-32-26-10-6-5-9-24(26)22-7-3-2-4-8-22/h2-14,25H,15-20H2,1H3,(H,28,30)/t25-/m1/s1. The number of amides is 1. The molecule has 1 aliphatic heterocycles. The summed E-state index contributed by atoms with van der Waals surface area (Å²) in [6, 6.07) is 26.5. The number of nitrogens with zero attached hydrogens (tertiary/aromatic N) is 1. The molecule has 0 spiro atoms. The van der Waals surface area contributed by atoms with E-state index < -0.39 is 0 Å². The molecule has 1 fully saturated rings. The van der Waals surface area contributed by atoms with E-state index in [-0.39, 0.29) is 18.6 Å². The van der Waals surface area contributed by atoms with Crippen molar-refractivity contribution >= 4 is 5.91 Å². The van der Waals surface area contributed by atoms with Gasteiger partial charge in [0.15, 0.2) is 6.61 Å². The zero-order chi connectivity index (χ0) is 22.2. The summed E-state index contributed by atoms with van der Waals surface area (Å²) in [5, 5.41) is 3.08. The Bertz CT molecular complexity index is 999. The summed E-state index contributed by atoms with van der Waals surface area (Å²) in [6.07, 6.45) is 0. The molecule has 5 heteroatoms. The van der Waals surface area contributed by atoms with Crippen molar-refractivity contribution in [3.8, 4) is 16.9 Å². The first-order chi connectivity index (χ1) is 15.7. The summed E-state index contributed by atoms with van der Waals surface area (Å²) < 4.78 is 11.4. The first-order valence-corrected chi connectivity index (χ1v) is 11.1. The van der Waals surface area contributed by atoms with Gasteiger partial charge in [-0.2, -0.15) is 0 Å². The quantitative estimate of drug-likeness (QED) is 0.581. The van der Waals surface area contributed by atoms with Gasteiger partial charge in [-0.05, 0) is 24.1 Å². The van der Waals surface area contributed by atoms with Crippen LogP contribution in [0.2, 0.25) is 0 Å². The van der Waals surface area contributed by atoms with Crippen LogP contribution in [0.25, 0.3) is 11.1 Å². The van der Waals surface area contributed by atoms with Crippen LogP contribution in [0.5, 0.6) is 5.75 Å². The van der Waals surface area contributed by atoms with Crippen LogP contribution in [0.1, 0.15) is 17.2 Å². The molecule has 0 saturated carbocycles. The lowest BCUT2D eigenvalue weighted by molar-refractivity contribution is -0.123. The average Bonchev–Trinajstić information content (AvgIpc) is 2.85. The van der Waals surface area contributed by atoms with Crippen molar-refractivity contribution in [3.05, 3.63) is 90.0 Å². The number of carbonyl (C=O) groups is 1. The third-order valence-electron chi connectivity index (χ3n) is 5.77. The van der Waals surface area contributed by atoms with Crippen molar-refractivity contribution in [2.75, 3.05) is 39.5 Å². The number of hydrogen-bond donors (Lipinski definition) is 1. The van der Waals surface area contributed by atoms with Crippen molar-refractivity contribution in [1.29, 1.82) is 0 Å². The Hall–Kier alpha value is -3.15. The molecule has 1 saturated heterocycles. The molecule has 1 N–H and O–H groups in total. The van der Waals surface area contributed by atoms with Gasteiger partial charge in [0.2, 0.25) is 0 Å². The minimum atomic E-state index is -0.127. The molecular formula is C27H30N2O3. The third-order valence-corrected chi connectivity index (χ3v) is 5.77. The molecule has 1 amide bonds. The lowest BCUT2D eigenvalue weighted by atomic mass is 10.0. The number of nitrogens with one attached hydrogen (secondary N) is 1. The van der Waals surface area contributed by atoms with Gasteiger partial charge in [-0.25, -0.2) is 0 Å². The topological polar surface area (TPSA) is 50.8 Å². The number of ether oxygens (including phenoxy) is 2. The number of rotatable bonds is 8. The highest BCUT2D eigenvalue weighted by Crippen LogP contribution is 2.29. The van der Waals surface area contributed by atoms with Gasteiger partial charge in [-0.15, -0.1) is 0 Å². The molecule has 1 atom stereocenters. The highest BCUT2D eigenvalue weighted by Gasteiger charge is 2.23. The average molecular weight is 431 g/mol. The van der Waals surface area contributed by atoms with Gasteiger partial charge in [0.1, 0.15) is 5.75 Å². The summed E-state index contributed by atoms with van der Waals surface area (Å²) in [5.41, 5.74) is 4.47. The van der Waals surface area contributed by atoms with Crippen molar-refractivity contribution in [1.82, 2.24) is 10.2 Å². The van der Waals surface area contributed by atoms with Gasteiger partial charge in [0, 0.05) is 25.2 Å². The molecule has 0 unspecified atom stereocenters. The Morgan fingerprint density at radius 3 is 2.41 bits per heavy atom. The number of benzene rings is 3. The minimum absolute atomic E-state index is 0.0203. The van der Waals surface area contributed by atoms with Gasteiger partial charge < -0.3 is 14.8 Å². The van der Waals surface area contributed by atoms with Crippen LogP contribution in [-0.2, 0) is 9.53 Å². The van der Waals surface area contributed by atoms with E-state index in [2.05, 4.69) is 41.4 Å². The number of para-hydroxylation sites is 1. The monoisotopic (exact) mass is 430 g/mol. The number of hydrogen-bond acceptors (Lipinski definition) is 4.